The van der Waals surface area contributed by atoms with E-state index in [1.165, 1.54) is 81.4 Å². The standard InChI is InChI=1S/C38H58N6O3S/c1-6-7-8-9-10-11-12-13-14-15-16-17-18-19-20-37-41-38(47-42-37)36(27-30(2)3)43(5)48(45,46)33-23-21-32(22-24-33)29-44-31(4)40-34-28-39-26-25-35(34)44/h21-26,28,30,36H,6-20,27,29H2,1-5H3. The summed E-state index contributed by atoms with van der Waals surface area (Å²) in [6.45, 7) is 8.97. The van der Waals surface area contributed by atoms with Crippen molar-refractivity contribution in [3.63, 3.8) is 0 Å². The molecule has 0 saturated carbocycles. The number of rotatable bonds is 23. The molecule has 10 heteroatoms. The molecule has 0 aliphatic heterocycles. The molecular formula is C38H58N6O3S. The molecule has 4 aromatic rings. The van der Waals surface area contributed by atoms with E-state index in [1.54, 1.807) is 31.6 Å². The highest BCUT2D eigenvalue weighted by Crippen LogP contribution is 2.31. The molecule has 1 unspecified atom stereocenters. The first-order valence-electron chi connectivity index (χ1n) is 18.4. The molecule has 4 rings (SSSR count). The largest absolute Gasteiger partial charge is 0.338 e. The topological polar surface area (TPSA) is 107 Å². The molecule has 3 aromatic heterocycles. The highest BCUT2D eigenvalue weighted by atomic mass is 32.2. The van der Waals surface area contributed by atoms with Gasteiger partial charge in [-0.25, -0.2) is 13.4 Å². The molecule has 264 valence electrons. The van der Waals surface area contributed by atoms with Gasteiger partial charge in [-0.1, -0.05) is 122 Å². The average Bonchev–Trinajstić information content (AvgIpc) is 3.67. The fraction of sp³-hybridized carbons (Fsp3) is 0.632. The molecule has 0 amide bonds. The minimum atomic E-state index is -3.81. The zero-order chi connectivity index (χ0) is 34.4. The first-order chi connectivity index (χ1) is 23.2. The second-order valence-corrected chi connectivity index (χ2v) is 15.8. The van der Waals surface area contributed by atoms with Gasteiger partial charge in [0.05, 0.1) is 16.6 Å². The molecule has 0 spiro atoms. The third-order valence-corrected chi connectivity index (χ3v) is 11.2. The van der Waals surface area contributed by atoms with Gasteiger partial charge in [-0.05, 0) is 49.4 Å². The van der Waals surface area contributed by atoms with Gasteiger partial charge in [0.15, 0.2) is 5.82 Å². The number of nitrogens with zero attached hydrogens (tertiary/aromatic N) is 6. The predicted molar refractivity (Wildman–Crippen MR) is 193 cm³/mol. The number of pyridine rings is 1. The first kappa shape index (κ1) is 37.7. The monoisotopic (exact) mass is 678 g/mol. The van der Waals surface area contributed by atoms with Crippen LogP contribution in [0.15, 0.2) is 52.1 Å². The second kappa shape index (κ2) is 19.2. The summed E-state index contributed by atoms with van der Waals surface area (Å²) >= 11 is 0. The van der Waals surface area contributed by atoms with Crippen molar-refractivity contribution in [2.45, 2.75) is 148 Å². The second-order valence-electron chi connectivity index (χ2n) is 13.8. The summed E-state index contributed by atoms with van der Waals surface area (Å²) in [5, 5.41) is 4.24. The van der Waals surface area contributed by atoms with Crippen LogP contribution in [0.3, 0.4) is 0 Å². The van der Waals surface area contributed by atoms with Gasteiger partial charge in [0, 0.05) is 26.2 Å². The SMILES string of the molecule is CCCCCCCCCCCCCCCCc1noc(C(CC(C)C)N(C)S(=O)(=O)c2ccc(Cn3c(C)nc4cnccc43)cc2)n1. The number of imidazole rings is 1. The van der Waals surface area contributed by atoms with Gasteiger partial charge in [0.25, 0.3) is 0 Å². The van der Waals surface area contributed by atoms with E-state index in [1.807, 2.05) is 25.1 Å². The van der Waals surface area contributed by atoms with Gasteiger partial charge in [0.1, 0.15) is 17.4 Å². The van der Waals surface area contributed by atoms with Crippen LogP contribution in [-0.4, -0.2) is 44.4 Å². The van der Waals surface area contributed by atoms with Crippen molar-refractivity contribution in [3.8, 4) is 0 Å². The smallest absolute Gasteiger partial charge is 0.245 e. The maximum absolute atomic E-state index is 13.8. The van der Waals surface area contributed by atoms with Gasteiger partial charge in [0.2, 0.25) is 15.9 Å². The normalized spacial score (nSPS) is 12.9. The number of hydrogen-bond acceptors (Lipinski definition) is 7. The fourth-order valence-corrected chi connectivity index (χ4v) is 7.74. The Morgan fingerprint density at radius 2 is 1.44 bits per heavy atom. The Balaban J connectivity index is 1.25. The van der Waals surface area contributed by atoms with E-state index in [0.717, 1.165) is 41.7 Å². The first-order valence-corrected chi connectivity index (χ1v) is 19.8. The van der Waals surface area contributed by atoms with Gasteiger partial charge < -0.3 is 9.09 Å². The van der Waals surface area contributed by atoms with E-state index in [4.69, 9.17) is 4.52 Å². The van der Waals surface area contributed by atoms with Crippen LogP contribution in [0.25, 0.3) is 11.0 Å². The van der Waals surface area contributed by atoms with Crippen LogP contribution in [0.4, 0.5) is 0 Å². The Hall–Kier alpha value is -3.11. The molecule has 1 aromatic carbocycles. The third-order valence-electron chi connectivity index (χ3n) is 9.34. The summed E-state index contributed by atoms with van der Waals surface area (Å²) in [5.74, 6) is 2.14. The van der Waals surface area contributed by atoms with E-state index in [0.29, 0.717) is 24.7 Å². The zero-order valence-corrected chi connectivity index (χ0v) is 30.8. The maximum Gasteiger partial charge on any atom is 0.245 e. The number of hydrogen-bond donors (Lipinski definition) is 0. The number of fused-ring (bicyclic) bond motifs is 1. The Morgan fingerprint density at radius 3 is 2.04 bits per heavy atom. The van der Waals surface area contributed by atoms with E-state index in [2.05, 4.69) is 45.4 Å². The van der Waals surface area contributed by atoms with Gasteiger partial charge in [-0.15, -0.1) is 0 Å². The summed E-state index contributed by atoms with van der Waals surface area (Å²) in [6, 6.07) is 8.50. The van der Waals surface area contributed by atoms with Gasteiger partial charge in [-0.2, -0.15) is 9.29 Å². The Morgan fingerprint density at radius 1 is 0.833 bits per heavy atom. The van der Waals surface area contributed by atoms with E-state index in [9.17, 15) is 8.42 Å². The van der Waals surface area contributed by atoms with Crippen molar-refractivity contribution in [1.82, 2.24) is 29.0 Å². The van der Waals surface area contributed by atoms with E-state index < -0.39 is 16.1 Å². The lowest BCUT2D eigenvalue weighted by atomic mass is 10.0. The summed E-state index contributed by atoms with van der Waals surface area (Å²) in [4.78, 5) is 13.7. The number of benzene rings is 1. The van der Waals surface area contributed by atoms with E-state index >= 15 is 0 Å². The van der Waals surface area contributed by atoms with Gasteiger partial charge >= 0.3 is 0 Å². The molecule has 0 aliphatic rings. The van der Waals surface area contributed by atoms with Crippen molar-refractivity contribution in [1.29, 1.82) is 0 Å². The minimum Gasteiger partial charge on any atom is -0.338 e. The van der Waals surface area contributed by atoms with Gasteiger partial charge in [-0.3, -0.25) is 4.98 Å². The predicted octanol–water partition coefficient (Wildman–Crippen LogP) is 9.60. The highest BCUT2D eigenvalue weighted by Gasteiger charge is 2.33. The summed E-state index contributed by atoms with van der Waals surface area (Å²) in [5.41, 5.74) is 2.83. The summed E-state index contributed by atoms with van der Waals surface area (Å²) < 4.78 is 36.8. The third kappa shape index (κ3) is 11.0. The number of sulfonamides is 1. The quantitative estimate of drug-likeness (QED) is 0.0719. The minimum absolute atomic E-state index is 0.236. The van der Waals surface area contributed by atoms with Crippen molar-refractivity contribution in [3.05, 3.63) is 65.8 Å². The van der Waals surface area contributed by atoms with Crippen LogP contribution < -0.4 is 0 Å². The molecule has 0 fully saturated rings. The zero-order valence-electron chi connectivity index (χ0n) is 30.0. The molecule has 0 N–H and O–H groups in total. The number of aromatic nitrogens is 5. The van der Waals surface area contributed by atoms with E-state index in [-0.39, 0.29) is 10.8 Å². The lowest BCUT2D eigenvalue weighted by molar-refractivity contribution is 0.247. The lowest BCUT2D eigenvalue weighted by Crippen LogP contribution is -2.32. The van der Waals surface area contributed by atoms with Crippen molar-refractivity contribution < 1.29 is 12.9 Å². The molecule has 0 aliphatic carbocycles. The fourth-order valence-electron chi connectivity index (χ4n) is 6.42. The number of unbranched alkanes of at least 4 members (excludes halogenated alkanes) is 13. The Labute approximate surface area is 289 Å². The lowest BCUT2D eigenvalue weighted by Gasteiger charge is -2.26. The van der Waals surface area contributed by atoms with Crippen molar-refractivity contribution >= 4 is 21.1 Å². The number of aryl methyl sites for hydroxylation is 2. The molecule has 0 bridgehead atoms. The average molecular weight is 679 g/mol. The molecule has 0 saturated heterocycles. The Kier molecular flexibility index (Phi) is 15.1. The molecule has 0 radical (unpaired) electrons. The maximum atomic E-state index is 13.8. The molecular weight excluding hydrogens is 621 g/mol. The molecule has 3 heterocycles. The summed E-state index contributed by atoms with van der Waals surface area (Å²) in [6.07, 6.45) is 23.2. The highest BCUT2D eigenvalue weighted by molar-refractivity contribution is 7.89. The molecule has 9 nitrogen and oxygen atoms in total. The van der Waals surface area contributed by atoms with Crippen molar-refractivity contribution in [2.75, 3.05) is 7.05 Å². The summed E-state index contributed by atoms with van der Waals surface area (Å²) in [7, 11) is -2.19. The van der Waals surface area contributed by atoms with Crippen molar-refractivity contribution in [2.24, 2.45) is 5.92 Å². The van der Waals surface area contributed by atoms with Crippen LogP contribution in [0, 0.1) is 12.8 Å². The van der Waals surface area contributed by atoms with Crippen LogP contribution in [0.2, 0.25) is 0 Å². The molecule has 1 atom stereocenters. The van der Waals surface area contributed by atoms with Crippen LogP contribution >= 0.6 is 0 Å². The van der Waals surface area contributed by atoms with Crippen LogP contribution in [-0.2, 0) is 23.0 Å². The van der Waals surface area contributed by atoms with Crippen LogP contribution in [0.1, 0.15) is 146 Å². The molecule has 48 heavy (non-hydrogen) atoms. The Bertz CT molecular complexity index is 1610. The van der Waals surface area contributed by atoms with Crippen LogP contribution in [0.5, 0.6) is 0 Å².